The van der Waals surface area contributed by atoms with Crippen LogP contribution in [-0.2, 0) is 39.0 Å². The van der Waals surface area contributed by atoms with Crippen molar-refractivity contribution in [2.24, 2.45) is 0 Å². The minimum atomic E-state index is -3.56. The highest BCUT2D eigenvalue weighted by Gasteiger charge is 2.28. The molecular formula is C32H38FN3O6S. The molecule has 11 heteroatoms. The van der Waals surface area contributed by atoms with E-state index in [1.807, 2.05) is 12.1 Å². The van der Waals surface area contributed by atoms with Crippen LogP contribution < -0.4 is 19.5 Å². The Bertz CT molecular complexity index is 1510. The fraction of sp³-hybridized carbons (Fsp3) is 0.375. The molecule has 1 aliphatic carbocycles. The number of hydrogen-bond donors (Lipinski definition) is 2. The molecule has 43 heavy (non-hydrogen) atoms. The first-order chi connectivity index (χ1) is 20.6. The Kier molecular flexibility index (Phi) is 10.8. The first-order valence-electron chi connectivity index (χ1n) is 14.2. The van der Waals surface area contributed by atoms with E-state index in [1.54, 1.807) is 51.5 Å². The van der Waals surface area contributed by atoms with Gasteiger partial charge in [-0.1, -0.05) is 30.3 Å². The summed E-state index contributed by atoms with van der Waals surface area (Å²) in [5, 5.41) is 2.91. The molecule has 2 amide bonds. The Balaban J connectivity index is 1.38. The van der Waals surface area contributed by atoms with Crippen LogP contribution in [0.1, 0.15) is 42.9 Å². The van der Waals surface area contributed by atoms with Gasteiger partial charge in [-0.25, -0.2) is 17.5 Å². The van der Waals surface area contributed by atoms with E-state index in [4.69, 9.17) is 9.47 Å². The summed E-state index contributed by atoms with van der Waals surface area (Å²) in [5.74, 6) is 0.264. The highest BCUT2D eigenvalue weighted by atomic mass is 32.2. The Morgan fingerprint density at radius 3 is 2.16 bits per heavy atom. The predicted octanol–water partition coefficient (Wildman–Crippen LogP) is 3.99. The Morgan fingerprint density at radius 2 is 1.53 bits per heavy atom. The molecule has 9 nitrogen and oxygen atoms in total. The lowest BCUT2D eigenvalue weighted by molar-refractivity contribution is -0.140. The molecule has 1 unspecified atom stereocenters. The van der Waals surface area contributed by atoms with Gasteiger partial charge < -0.3 is 19.7 Å². The number of amides is 2. The SMILES string of the molecule is COc1ccc(CCNC(=O)C(C)N(Cc2ccc(F)cc2)C(=O)CCc2ccc(S(=O)(=O)NC3CC3)cc2)cc1OC. The second-order valence-electron chi connectivity index (χ2n) is 10.6. The molecule has 0 aliphatic heterocycles. The van der Waals surface area contributed by atoms with Crippen molar-refractivity contribution in [2.45, 2.75) is 62.6 Å². The third-order valence-electron chi connectivity index (χ3n) is 7.35. The van der Waals surface area contributed by atoms with E-state index in [0.717, 1.165) is 24.0 Å². The summed E-state index contributed by atoms with van der Waals surface area (Å²) in [6.07, 6.45) is 2.72. The molecule has 1 saturated carbocycles. The molecule has 3 aromatic rings. The van der Waals surface area contributed by atoms with Gasteiger partial charge in [0.15, 0.2) is 11.5 Å². The lowest BCUT2D eigenvalue weighted by Gasteiger charge is -2.29. The number of methoxy groups -OCH3 is 2. The maximum Gasteiger partial charge on any atom is 0.242 e. The Morgan fingerprint density at radius 1 is 0.907 bits per heavy atom. The normalized spacial score (nSPS) is 13.7. The van der Waals surface area contributed by atoms with Crippen molar-refractivity contribution in [3.8, 4) is 11.5 Å². The van der Waals surface area contributed by atoms with Gasteiger partial charge in [-0.05, 0) is 85.7 Å². The van der Waals surface area contributed by atoms with Crippen LogP contribution in [0.25, 0.3) is 0 Å². The third kappa shape index (κ3) is 9.01. The fourth-order valence-electron chi connectivity index (χ4n) is 4.60. The number of halogens is 1. The van der Waals surface area contributed by atoms with Crippen molar-refractivity contribution in [2.75, 3.05) is 20.8 Å². The van der Waals surface area contributed by atoms with E-state index in [-0.39, 0.29) is 41.5 Å². The molecule has 4 rings (SSSR count). The third-order valence-corrected chi connectivity index (χ3v) is 8.89. The number of ether oxygens (including phenoxy) is 2. The highest BCUT2D eigenvalue weighted by Crippen LogP contribution is 2.27. The summed E-state index contributed by atoms with van der Waals surface area (Å²) in [4.78, 5) is 28.3. The summed E-state index contributed by atoms with van der Waals surface area (Å²) < 4.78 is 51.7. The van der Waals surface area contributed by atoms with Gasteiger partial charge in [0.1, 0.15) is 11.9 Å². The summed E-state index contributed by atoms with van der Waals surface area (Å²) in [6, 6.07) is 17.1. The van der Waals surface area contributed by atoms with Gasteiger partial charge in [-0.3, -0.25) is 9.59 Å². The van der Waals surface area contributed by atoms with Gasteiger partial charge in [-0.15, -0.1) is 0 Å². The van der Waals surface area contributed by atoms with E-state index in [2.05, 4.69) is 10.0 Å². The second kappa shape index (κ2) is 14.5. The molecule has 1 atom stereocenters. The molecule has 2 N–H and O–H groups in total. The van der Waals surface area contributed by atoms with Crippen molar-refractivity contribution in [3.05, 3.63) is 89.2 Å². The maximum absolute atomic E-state index is 13.5. The fourth-order valence-corrected chi connectivity index (χ4v) is 5.91. The minimum Gasteiger partial charge on any atom is -0.493 e. The molecule has 1 fully saturated rings. The first-order valence-corrected chi connectivity index (χ1v) is 15.7. The summed E-state index contributed by atoms with van der Waals surface area (Å²) in [7, 11) is -0.433. The quantitative estimate of drug-likeness (QED) is 0.269. The van der Waals surface area contributed by atoms with Crippen LogP contribution in [0.15, 0.2) is 71.6 Å². The van der Waals surface area contributed by atoms with E-state index in [0.29, 0.717) is 36.4 Å². The van der Waals surface area contributed by atoms with Crippen molar-refractivity contribution >= 4 is 21.8 Å². The van der Waals surface area contributed by atoms with Gasteiger partial charge in [-0.2, -0.15) is 0 Å². The average Bonchev–Trinajstić information content (AvgIpc) is 3.82. The van der Waals surface area contributed by atoms with Gasteiger partial charge >= 0.3 is 0 Å². The lowest BCUT2D eigenvalue weighted by Crippen LogP contribution is -2.48. The summed E-state index contributed by atoms with van der Waals surface area (Å²) in [5.41, 5.74) is 2.44. The zero-order chi connectivity index (χ0) is 31.0. The zero-order valence-corrected chi connectivity index (χ0v) is 25.5. The predicted molar refractivity (Wildman–Crippen MR) is 161 cm³/mol. The number of nitrogens with zero attached hydrogens (tertiary/aromatic N) is 1. The highest BCUT2D eigenvalue weighted by molar-refractivity contribution is 7.89. The number of carbonyl (C=O) groups is 2. The largest absolute Gasteiger partial charge is 0.493 e. The molecule has 0 aromatic heterocycles. The zero-order valence-electron chi connectivity index (χ0n) is 24.6. The number of aryl methyl sites for hydroxylation is 1. The number of hydrogen-bond acceptors (Lipinski definition) is 6. The first kappa shape index (κ1) is 32.0. The molecular weight excluding hydrogens is 573 g/mol. The maximum atomic E-state index is 13.5. The molecule has 0 saturated heterocycles. The van der Waals surface area contributed by atoms with E-state index in [1.165, 1.54) is 29.2 Å². The number of sulfonamides is 1. The monoisotopic (exact) mass is 611 g/mol. The Labute approximate surface area is 252 Å². The number of rotatable bonds is 15. The lowest BCUT2D eigenvalue weighted by atomic mass is 10.1. The van der Waals surface area contributed by atoms with E-state index < -0.39 is 16.1 Å². The molecule has 1 aliphatic rings. The molecule has 0 radical (unpaired) electrons. The second-order valence-corrected chi connectivity index (χ2v) is 12.3. The molecule has 230 valence electrons. The van der Waals surface area contributed by atoms with Gasteiger partial charge in [0, 0.05) is 25.6 Å². The topological polar surface area (TPSA) is 114 Å². The average molecular weight is 612 g/mol. The summed E-state index contributed by atoms with van der Waals surface area (Å²) in [6.45, 7) is 2.15. The summed E-state index contributed by atoms with van der Waals surface area (Å²) >= 11 is 0. The van der Waals surface area contributed by atoms with Gasteiger partial charge in [0.2, 0.25) is 21.8 Å². The van der Waals surface area contributed by atoms with Crippen molar-refractivity contribution in [1.29, 1.82) is 0 Å². The minimum absolute atomic E-state index is 0.0135. The van der Waals surface area contributed by atoms with Crippen LogP contribution in [0, 0.1) is 5.82 Å². The van der Waals surface area contributed by atoms with E-state index in [9.17, 15) is 22.4 Å². The van der Waals surface area contributed by atoms with Crippen LogP contribution in [0.5, 0.6) is 11.5 Å². The molecule has 3 aromatic carbocycles. The van der Waals surface area contributed by atoms with Crippen LogP contribution in [-0.4, -0.2) is 58.0 Å². The van der Waals surface area contributed by atoms with Crippen LogP contribution >= 0.6 is 0 Å². The van der Waals surface area contributed by atoms with Crippen LogP contribution in [0.2, 0.25) is 0 Å². The smallest absolute Gasteiger partial charge is 0.242 e. The Hall–Kier alpha value is -3.96. The van der Waals surface area contributed by atoms with Crippen molar-refractivity contribution in [3.63, 3.8) is 0 Å². The van der Waals surface area contributed by atoms with Crippen LogP contribution in [0.4, 0.5) is 4.39 Å². The molecule has 0 spiro atoms. The number of benzene rings is 3. The number of carbonyl (C=O) groups excluding carboxylic acids is 2. The van der Waals surface area contributed by atoms with Gasteiger partial charge in [0.25, 0.3) is 0 Å². The van der Waals surface area contributed by atoms with Crippen molar-refractivity contribution in [1.82, 2.24) is 14.9 Å². The van der Waals surface area contributed by atoms with Crippen LogP contribution in [0.3, 0.4) is 0 Å². The van der Waals surface area contributed by atoms with Crippen molar-refractivity contribution < 1.29 is 31.9 Å². The molecule has 0 bridgehead atoms. The van der Waals surface area contributed by atoms with E-state index >= 15 is 0 Å². The number of nitrogens with one attached hydrogen (secondary N) is 2. The van der Waals surface area contributed by atoms with Gasteiger partial charge in [0.05, 0.1) is 19.1 Å². The standard InChI is InChI=1S/C32H38FN3O6S/c1-22(32(38)34-19-18-24-8-16-29(41-2)30(20-24)42-3)36(21-25-4-10-26(33)11-5-25)31(37)17-9-23-6-14-28(15-7-23)43(39,40)35-27-12-13-27/h4-8,10-11,14-16,20,22,27,35H,9,12-13,17-19,21H2,1-3H3,(H,34,38). The molecule has 0 heterocycles.